The van der Waals surface area contributed by atoms with E-state index in [1.54, 1.807) is 11.0 Å². The minimum absolute atomic E-state index is 0.129. The number of nitrogen functional groups attached to an aromatic ring is 1. The summed E-state index contributed by atoms with van der Waals surface area (Å²) in [5.74, 6) is 0.793. The van der Waals surface area contributed by atoms with Gasteiger partial charge in [-0.15, -0.1) is 0 Å². The SMILES string of the molecule is Cc1cccc(NC(=O)N2CCN(c3nc(N)nc4ccc(-c5ccccc5C#N)nc34)CC2)c1. The molecule has 35 heavy (non-hydrogen) atoms. The van der Waals surface area contributed by atoms with Gasteiger partial charge in [-0.3, -0.25) is 0 Å². The van der Waals surface area contributed by atoms with Crippen LogP contribution in [-0.2, 0) is 0 Å². The van der Waals surface area contributed by atoms with Gasteiger partial charge in [-0.25, -0.2) is 14.8 Å². The van der Waals surface area contributed by atoms with Crippen molar-refractivity contribution < 1.29 is 4.79 Å². The molecule has 2 amide bonds. The number of benzene rings is 2. The van der Waals surface area contributed by atoms with Gasteiger partial charge in [0.15, 0.2) is 5.82 Å². The number of anilines is 3. The largest absolute Gasteiger partial charge is 0.368 e. The molecule has 0 bridgehead atoms. The Morgan fingerprint density at radius 3 is 2.57 bits per heavy atom. The van der Waals surface area contributed by atoms with E-state index < -0.39 is 0 Å². The number of nitrogens with zero attached hydrogens (tertiary/aromatic N) is 6. The second kappa shape index (κ2) is 9.27. The van der Waals surface area contributed by atoms with Crippen LogP contribution in [0.3, 0.4) is 0 Å². The lowest BCUT2D eigenvalue weighted by Gasteiger charge is -2.35. The van der Waals surface area contributed by atoms with Gasteiger partial charge in [-0.2, -0.15) is 10.2 Å². The Hall–Kier alpha value is -4.71. The van der Waals surface area contributed by atoms with Crippen LogP contribution in [0.15, 0.2) is 60.7 Å². The zero-order chi connectivity index (χ0) is 24.4. The number of fused-ring (bicyclic) bond motifs is 1. The van der Waals surface area contributed by atoms with E-state index in [0.717, 1.165) is 16.8 Å². The molecule has 3 N–H and O–H groups in total. The molecule has 1 fully saturated rings. The van der Waals surface area contributed by atoms with Gasteiger partial charge in [0.1, 0.15) is 5.52 Å². The van der Waals surface area contributed by atoms with Crippen LogP contribution in [0.25, 0.3) is 22.3 Å². The molecule has 1 aliphatic rings. The van der Waals surface area contributed by atoms with E-state index in [1.807, 2.05) is 61.5 Å². The van der Waals surface area contributed by atoms with Crippen molar-refractivity contribution >= 4 is 34.5 Å². The summed E-state index contributed by atoms with van der Waals surface area (Å²) in [5.41, 5.74) is 11.1. The van der Waals surface area contributed by atoms with E-state index in [0.29, 0.717) is 54.3 Å². The molecule has 0 spiro atoms. The van der Waals surface area contributed by atoms with Crippen LogP contribution in [0.4, 0.5) is 22.2 Å². The molecule has 3 heterocycles. The predicted octanol–water partition coefficient (Wildman–Crippen LogP) is 3.81. The third-order valence-electron chi connectivity index (χ3n) is 6.00. The average Bonchev–Trinajstić information content (AvgIpc) is 2.88. The molecule has 2 aromatic carbocycles. The first-order valence-corrected chi connectivity index (χ1v) is 11.3. The minimum atomic E-state index is -0.129. The molecule has 174 valence electrons. The molecule has 0 atom stereocenters. The van der Waals surface area contributed by atoms with Gasteiger partial charge in [0.25, 0.3) is 0 Å². The standard InChI is InChI=1S/C26H24N8O/c1-17-5-4-7-19(15-17)29-26(35)34-13-11-33(12-14-34)24-23-22(31-25(28)32-24)10-9-21(30-23)20-8-3-2-6-18(20)16-27/h2-10,15H,11-14H2,1H3,(H,29,35)(H2,28,31,32). The fourth-order valence-electron chi connectivity index (χ4n) is 4.24. The predicted molar refractivity (Wildman–Crippen MR) is 136 cm³/mol. The van der Waals surface area contributed by atoms with Gasteiger partial charge in [0.05, 0.1) is 22.8 Å². The van der Waals surface area contributed by atoms with Gasteiger partial charge in [0, 0.05) is 37.4 Å². The molecule has 0 unspecified atom stereocenters. The summed E-state index contributed by atoms with van der Waals surface area (Å²) in [4.78, 5) is 30.3. The number of hydrogen-bond acceptors (Lipinski definition) is 7. The fraction of sp³-hybridized carbons (Fsp3) is 0.192. The van der Waals surface area contributed by atoms with E-state index in [1.165, 1.54) is 0 Å². The van der Waals surface area contributed by atoms with Crippen molar-refractivity contribution in [3.8, 4) is 17.3 Å². The van der Waals surface area contributed by atoms with Crippen molar-refractivity contribution in [3.05, 3.63) is 71.8 Å². The zero-order valence-corrected chi connectivity index (χ0v) is 19.3. The number of carbonyl (C=O) groups excluding carboxylic acids is 1. The molecular formula is C26H24N8O. The molecule has 9 heteroatoms. The lowest BCUT2D eigenvalue weighted by molar-refractivity contribution is 0.208. The van der Waals surface area contributed by atoms with Crippen LogP contribution >= 0.6 is 0 Å². The molecule has 1 saturated heterocycles. The molecule has 4 aromatic rings. The van der Waals surface area contributed by atoms with Crippen molar-refractivity contribution in [3.63, 3.8) is 0 Å². The smallest absolute Gasteiger partial charge is 0.321 e. The maximum Gasteiger partial charge on any atom is 0.321 e. The lowest BCUT2D eigenvalue weighted by Crippen LogP contribution is -2.50. The highest BCUT2D eigenvalue weighted by molar-refractivity contribution is 5.91. The first kappa shape index (κ1) is 22.1. The topological polar surface area (TPSA) is 124 Å². The first-order valence-electron chi connectivity index (χ1n) is 11.3. The second-order valence-corrected chi connectivity index (χ2v) is 8.40. The van der Waals surface area contributed by atoms with E-state index >= 15 is 0 Å². The Labute approximate surface area is 202 Å². The van der Waals surface area contributed by atoms with Crippen LogP contribution in [0, 0.1) is 18.3 Å². The normalized spacial score (nSPS) is 13.5. The highest BCUT2D eigenvalue weighted by Gasteiger charge is 2.24. The van der Waals surface area contributed by atoms with Crippen LogP contribution in [0.2, 0.25) is 0 Å². The molecule has 1 aliphatic heterocycles. The number of hydrogen-bond donors (Lipinski definition) is 2. The van der Waals surface area contributed by atoms with E-state index in [4.69, 9.17) is 10.7 Å². The number of urea groups is 1. The molecule has 5 rings (SSSR count). The maximum atomic E-state index is 12.8. The number of aromatic nitrogens is 3. The molecule has 9 nitrogen and oxygen atoms in total. The van der Waals surface area contributed by atoms with Crippen molar-refractivity contribution in [1.82, 2.24) is 19.9 Å². The number of aryl methyl sites for hydroxylation is 1. The van der Waals surface area contributed by atoms with Gasteiger partial charge >= 0.3 is 6.03 Å². The number of rotatable bonds is 3. The summed E-state index contributed by atoms with van der Waals surface area (Å²) in [6.07, 6.45) is 0. The second-order valence-electron chi connectivity index (χ2n) is 8.40. The Kier molecular flexibility index (Phi) is 5.85. The summed E-state index contributed by atoms with van der Waals surface area (Å²) in [6.45, 7) is 4.20. The number of pyridine rings is 1. The number of carbonyl (C=O) groups is 1. The number of amides is 2. The van der Waals surface area contributed by atoms with Crippen molar-refractivity contribution in [2.24, 2.45) is 0 Å². The fourth-order valence-corrected chi connectivity index (χ4v) is 4.24. The van der Waals surface area contributed by atoms with Crippen molar-refractivity contribution in [2.45, 2.75) is 6.92 Å². The Morgan fingerprint density at radius 1 is 1.00 bits per heavy atom. The quantitative estimate of drug-likeness (QED) is 0.472. The van der Waals surface area contributed by atoms with Crippen LogP contribution in [0.1, 0.15) is 11.1 Å². The van der Waals surface area contributed by atoms with Gasteiger partial charge in [-0.1, -0.05) is 30.3 Å². The average molecular weight is 465 g/mol. The number of nitriles is 1. The number of nitrogens with one attached hydrogen (secondary N) is 1. The van der Waals surface area contributed by atoms with Crippen LogP contribution in [0.5, 0.6) is 0 Å². The lowest BCUT2D eigenvalue weighted by atomic mass is 10.0. The Bertz CT molecular complexity index is 1450. The van der Waals surface area contributed by atoms with Crippen molar-refractivity contribution in [2.75, 3.05) is 42.1 Å². The highest BCUT2D eigenvalue weighted by atomic mass is 16.2. The minimum Gasteiger partial charge on any atom is -0.368 e. The van der Waals surface area contributed by atoms with Crippen molar-refractivity contribution in [1.29, 1.82) is 5.26 Å². The molecule has 0 saturated carbocycles. The van der Waals surface area contributed by atoms with Crippen LogP contribution < -0.4 is 16.0 Å². The van der Waals surface area contributed by atoms with E-state index in [2.05, 4.69) is 26.3 Å². The summed E-state index contributed by atoms with van der Waals surface area (Å²) in [7, 11) is 0. The summed E-state index contributed by atoms with van der Waals surface area (Å²) >= 11 is 0. The highest BCUT2D eigenvalue weighted by Crippen LogP contribution is 2.29. The molecule has 0 radical (unpaired) electrons. The Balaban J connectivity index is 1.39. The maximum absolute atomic E-state index is 12.8. The third-order valence-corrected chi connectivity index (χ3v) is 6.00. The number of piperazine rings is 1. The Morgan fingerprint density at radius 2 is 1.80 bits per heavy atom. The molecule has 0 aliphatic carbocycles. The summed E-state index contributed by atoms with van der Waals surface area (Å²) in [5, 5.41) is 12.5. The van der Waals surface area contributed by atoms with Gasteiger partial charge < -0.3 is 20.9 Å². The summed E-state index contributed by atoms with van der Waals surface area (Å²) < 4.78 is 0. The van der Waals surface area contributed by atoms with Gasteiger partial charge in [0.2, 0.25) is 5.95 Å². The van der Waals surface area contributed by atoms with E-state index in [-0.39, 0.29) is 12.0 Å². The monoisotopic (exact) mass is 464 g/mol. The number of nitrogens with two attached hydrogens (primary N) is 1. The molecule has 2 aromatic heterocycles. The first-order chi connectivity index (χ1) is 17.0. The summed E-state index contributed by atoms with van der Waals surface area (Å²) in [6, 6.07) is 20.8. The van der Waals surface area contributed by atoms with Gasteiger partial charge in [-0.05, 0) is 42.8 Å². The van der Waals surface area contributed by atoms with Crippen LogP contribution in [-0.4, -0.2) is 52.1 Å². The van der Waals surface area contributed by atoms with E-state index in [9.17, 15) is 10.1 Å². The third kappa shape index (κ3) is 4.54. The zero-order valence-electron chi connectivity index (χ0n) is 19.3. The molecular weight excluding hydrogens is 440 g/mol.